The highest BCUT2D eigenvalue weighted by Crippen LogP contribution is 2.35. The van der Waals surface area contributed by atoms with Crippen LogP contribution in [0.3, 0.4) is 0 Å². The standard InChI is InChI=1S/C6H15O7P/c1-2-4(7)6(9)5(8)3-13-14(10,11)12/h4-9H,2-3H2,1H3,(H2,10,11,12)/t4-,5-,6+/m1/s1. The molecule has 0 aliphatic rings. The van der Waals surface area contributed by atoms with E-state index in [4.69, 9.17) is 25.1 Å². The molecule has 0 aromatic carbocycles. The lowest BCUT2D eigenvalue weighted by atomic mass is 10.1. The summed E-state index contributed by atoms with van der Waals surface area (Å²) in [5.74, 6) is 0. The molecule has 0 fully saturated rings. The smallest absolute Gasteiger partial charge is 0.390 e. The third kappa shape index (κ3) is 5.66. The topological polar surface area (TPSA) is 127 Å². The van der Waals surface area contributed by atoms with Crippen LogP contribution in [-0.4, -0.2) is 50.0 Å². The molecule has 8 heteroatoms. The van der Waals surface area contributed by atoms with Crippen molar-refractivity contribution in [1.82, 2.24) is 0 Å². The molecule has 0 saturated carbocycles. The zero-order valence-electron chi connectivity index (χ0n) is 7.65. The van der Waals surface area contributed by atoms with Crippen molar-refractivity contribution >= 4 is 7.82 Å². The second kappa shape index (κ2) is 5.77. The summed E-state index contributed by atoms with van der Waals surface area (Å²) in [4.78, 5) is 16.6. The van der Waals surface area contributed by atoms with Gasteiger partial charge >= 0.3 is 7.82 Å². The predicted molar refractivity (Wildman–Crippen MR) is 46.3 cm³/mol. The van der Waals surface area contributed by atoms with Crippen molar-refractivity contribution in [3.8, 4) is 0 Å². The van der Waals surface area contributed by atoms with Gasteiger partial charge in [0.05, 0.1) is 12.7 Å². The summed E-state index contributed by atoms with van der Waals surface area (Å²) in [6.07, 6.45) is -3.94. The lowest BCUT2D eigenvalue weighted by molar-refractivity contribution is -0.0757. The minimum Gasteiger partial charge on any atom is -0.390 e. The third-order valence-corrected chi connectivity index (χ3v) is 2.11. The van der Waals surface area contributed by atoms with Gasteiger partial charge in [0.1, 0.15) is 12.2 Å². The van der Waals surface area contributed by atoms with Gasteiger partial charge in [0.15, 0.2) is 0 Å². The molecule has 14 heavy (non-hydrogen) atoms. The SMILES string of the molecule is CC[C@@H](O)[C@H](O)[C@H](O)COP(=O)(O)O. The fourth-order valence-electron chi connectivity index (χ4n) is 0.770. The van der Waals surface area contributed by atoms with E-state index in [0.29, 0.717) is 0 Å². The molecule has 0 radical (unpaired) electrons. The zero-order chi connectivity index (χ0) is 11.4. The number of hydrogen-bond acceptors (Lipinski definition) is 5. The van der Waals surface area contributed by atoms with E-state index in [0.717, 1.165) is 0 Å². The number of rotatable bonds is 6. The molecule has 0 heterocycles. The Labute approximate surface area is 81.2 Å². The fraction of sp³-hybridized carbons (Fsp3) is 1.00. The lowest BCUT2D eigenvalue weighted by Crippen LogP contribution is -2.39. The van der Waals surface area contributed by atoms with Crippen molar-refractivity contribution in [2.45, 2.75) is 31.7 Å². The van der Waals surface area contributed by atoms with E-state index >= 15 is 0 Å². The van der Waals surface area contributed by atoms with Gasteiger partial charge in [-0.1, -0.05) is 6.92 Å². The van der Waals surface area contributed by atoms with Crippen molar-refractivity contribution in [2.75, 3.05) is 6.61 Å². The maximum Gasteiger partial charge on any atom is 0.469 e. The summed E-state index contributed by atoms with van der Waals surface area (Å²) in [6.45, 7) is 0.854. The van der Waals surface area contributed by atoms with Crippen LogP contribution in [0.5, 0.6) is 0 Å². The van der Waals surface area contributed by atoms with Crippen LogP contribution >= 0.6 is 7.82 Å². The van der Waals surface area contributed by atoms with Crippen molar-refractivity contribution in [2.24, 2.45) is 0 Å². The zero-order valence-corrected chi connectivity index (χ0v) is 8.54. The van der Waals surface area contributed by atoms with Crippen LogP contribution in [0.1, 0.15) is 13.3 Å². The third-order valence-electron chi connectivity index (χ3n) is 1.62. The van der Waals surface area contributed by atoms with Crippen LogP contribution in [0.4, 0.5) is 0 Å². The monoisotopic (exact) mass is 230 g/mol. The Hall–Kier alpha value is -0.0100. The highest BCUT2D eigenvalue weighted by molar-refractivity contribution is 7.46. The Kier molecular flexibility index (Phi) is 5.77. The Bertz CT molecular complexity index is 202. The second-order valence-corrected chi connectivity index (χ2v) is 4.06. The van der Waals surface area contributed by atoms with Crippen LogP contribution < -0.4 is 0 Å². The molecule has 86 valence electrons. The van der Waals surface area contributed by atoms with Gasteiger partial charge in [0, 0.05) is 0 Å². The molecular weight excluding hydrogens is 215 g/mol. The van der Waals surface area contributed by atoms with Crippen LogP contribution in [-0.2, 0) is 9.09 Å². The van der Waals surface area contributed by atoms with E-state index in [1.807, 2.05) is 0 Å². The van der Waals surface area contributed by atoms with Gasteiger partial charge in [0.25, 0.3) is 0 Å². The summed E-state index contributed by atoms with van der Waals surface area (Å²) in [5.41, 5.74) is 0. The van der Waals surface area contributed by atoms with Gasteiger partial charge in [-0.25, -0.2) is 4.57 Å². The molecule has 0 aliphatic heterocycles. The van der Waals surface area contributed by atoms with Crippen molar-refractivity contribution in [3.05, 3.63) is 0 Å². The van der Waals surface area contributed by atoms with Crippen molar-refractivity contribution < 1.29 is 34.2 Å². The van der Waals surface area contributed by atoms with Crippen LogP contribution in [0.2, 0.25) is 0 Å². The number of aliphatic hydroxyl groups is 3. The molecule has 0 rings (SSSR count). The normalized spacial score (nSPS) is 19.0. The first-order valence-corrected chi connectivity index (χ1v) is 5.55. The fourth-order valence-corrected chi connectivity index (χ4v) is 1.12. The quantitative estimate of drug-likeness (QED) is 0.354. The van der Waals surface area contributed by atoms with Gasteiger partial charge in [-0.15, -0.1) is 0 Å². The summed E-state index contributed by atoms with van der Waals surface area (Å²) < 4.78 is 14.2. The molecule has 0 amide bonds. The Morgan fingerprint density at radius 3 is 2.07 bits per heavy atom. The maximum absolute atomic E-state index is 10.2. The Morgan fingerprint density at radius 2 is 1.71 bits per heavy atom. The molecule has 0 spiro atoms. The lowest BCUT2D eigenvalue weighted by Gasteiger charge is -2.21. The van der Waals surface area contributed by atoms with Crippen LogP contribution in [0, 0.1) is 0 Å². The maximum atomic E-state index is 10.2. The van der Waals surface area contributed by atoms with Crippen LogP contribution in [0.15, 0.2) is 0 Å². The molecule has 7 nitrogen and oxygen atoms in total. The van der Waals surface area contributed by atoms with Crippen molar-refractivity contribution in [3.63, 3.8) is 0 Å². The first kappa shape index (κ1) is 14.0. The number of phosphoric acid groups is 1. The van der Waals surface area contributed by atoms with Gasteiger partial charge in [-0.3, -0.25) is 4.52 Å². The van der Waals surface area contributed by atoms with E-state index in [9.17, 15) is 4.57 Å². The molecule has 0 aromatic heterocycles. The minimum absolute atomic E-state index is 0.216. The van der Waals surface area contributed by atoms with E-state index in [2.05, 4.69) is 4.52 Å². The molecule has 0 bridgehead atoms. The van der Waals surface area contributed by atoms with Crippen LogP contribution in [0.25, 0.3) is 0 Å². The average Bonchev–Trinajstić information content (AvgIpc) is 2.10. The molecule has 0 unspecified atom stereocenters. The Morgan fingerprint density at radius 1 is 1.21 bits per heavy atom. The second-order valence-electron chi connectivity index (χ2n) is 2.82. The summed E-state index contributed by atoms with van der Waals surface area (Å²) >= 11 is 0. The molecule has 0 saturated heterocycles. The number of phosphoric ester groups is 1. The van der Waals surface area contributed by atoms with E-state index < -0.39 is 32.7 Å². The highest BCUT2D eigenvalue weighted by Gasteiger charge is 2.26. The first-order valence-electron chi connectivity index (χ1n) is 4.02. The molecular formula is C6H15O7P. The molecule has 0 aliphatic carbocycles. The van der Waals surface area contributed by atoms with Gasteiger partial charge in [-0.05, 0) is 6.42 Å². The van der Waals surface area contributed by atoms with E-state index in [-0.39, 0.29) is 6.42 Å². The number of hydrogen-bond donors (Lipinski definition) is 5. The number of aliphatic hydroxyl groups excluding tert-OH is 3. The average molecular weight is 230 g/mol. The van der Waals surface area contributed by atoms with Gasteiger partial charge < -0.3 is 25.1 Å². The highest BCUT2D eigenvalue weighted by atomic mass is 31.2. The molecule has 3 atom stereocenters. The van der Waals surface area contributed by atoms with Crippen molar-refractivity contribution in [1.29, 1.82) is 0 Å². The Balaban J connectivity index is 3.96. The minimum atomic E-state index is -4.65. The van der Waals surface area contributed by atoms with E-state index in [1.54, 1.807) is 6.92 Å². The largest absolute Gasteiger partial charge is 0.469 e. The predicted octanol–water partition coefficient (Wildman–Crippen LogP) is -1.41. The summed E-state index contributed by atoms with van der Waals surface area (Å²) in [7, 11) is -4.65. The molecule has 5 N–H and O–H groups in total. The van der Waals surface area contributed by atoms with Gasteiger partial charge in [0.2, 0.25) is 0 Å². The summed E-state index contributed by atoms with van der Waals surface area (Å²) in [6, 6.07) is 0. The molecule has 0 aromatic rings. The van der Waals surface area contributed by atoms with Gasteiger partial charge in [-0.2, -0.15) is 0 Å². The van der Waals surface area contributed by atoms with E-state index in [1.165, 1.54) is 0 Å². The summed E-state index contributed by atoms with van der Waals surface area (Å²) in [5, 5.41) is 27.3. The first-order chi connectivity index (χ1) is 6.28.